The first-order valence-electron chi connectivity index (χ1n) is 8.02. The zero-order chi connectivity index (χ0) is 14.8. The SMILES string of the molecule is Cc1cccnc1C(C)CCc1ccnc(C2CC2)c1C. The van der Waals surface area contributed by atoms with Crippen molar-refractivity contribution in [3.63, 3.8) is 0 Å². The van der Waals surface area contributed by atoms with E-state index in [1.807, 2.05) is 18.5 Å². The molecule has 3 rings (SSSR count). The summed E-state index contributed by atoms with van der Waals surface area (Å²) in [5.74, 6) is 1.24. The lowest BCUT2D eigenvalue weighted by Gasteiger charge is -2.15. The molecule has 0 aliphatic heterocycles. The third kappa shape index (κ3) is 3.15. The lowest BCUT2D eigenvalue weighted by molar-refractivity contribution is 0.653. The predicted octanol–water partition coefficient (Wildman–Crippen LogP) is 4.71. The Kier molecular flexibility index (Phi) is 4.05. The fourth-order valence-corrected chi connectivity index (χ4v) is 3.16. The Balaban J connectivity index is 1.70. The van der Waals surface area contributed by atoms with Gasteiger partial charge in [-0.05, 0) is 74.3 Å². The quantitative estimate of drug-likeness (QED) is 0.793. The molecule has 1 fully saturated rings. The summed E-state index contributed by atoms with van der Waals surface area (Å²) < 4.78 is 0. The predicted molar refractivity (Wildman–Crippen MR) is 86.7 cm³/mol. The highest BCUT2D eigenvalue weighted by atomic mass is 14.7. The van der Waals surface area contributed by atoms with E-state index in [0.29, 0.717) is 5.92 Å². The highest BCUT2D eigenvalue weighted by Gasteiger charge is 2.27. The molecular weight excluding hydrogens is 256 g/mol. The summed E-state index contributed by atoms with van der Waals surface area (Å²) in [6.45, 7) is 6.68. The zero-order valence-electron chi connectivity index (χ0n) is 13.3. The second kappa shape index (κ2) is 5.97. The highest BCUT2D eigenvalue weighted by Crippen LogP contribution is 2.41. The van der Waals surface area contributed by atoms with Gasteiger partial charge in [0.15, 0.2) is 0 Å². The molecule has 2 heteroatoms. The molecule has 0 aromatic carbocycles. The van der Waals surface area contributed by atoms with E-state index in [1.54, 1.807) is 0 Å². The van der Waals surface area contributed by atoms with Gasteiger partial charge in [-0.1, -0.05) is 13.0 Å². The Hall–Kier alpha value is -1.70. The minimum Gasteiger partial charge on any atom is -0.261 e. The molecule has 0 amide bonds. The molecule has 0 N–H and O–H groups in total. The molecule has 2 heterocycles. The van der Waals surface area contributed by atoms with Crippen LogP contribution in [0.25, 0.3) is 0 Å². The van der Waals surface area contributed by atoms with Gasteiger partial charge in [0.1, 0.15) is 0 Å². The summed E-state index contributed by atoms with van der Waals surface area (Å²) in [5.41, 5.74) is 6.77. The number of rotatable bonds is 5. The largest absolute Gasteiger partial charge is 0.261 e. The molecule has 1 unspecified atom stereocenters. The van der Waals surface area contributed by atoms with Crippen molar-refractivity contribution in [1.29, 1.82) is 0 Å². The maximum Gasteiger partial charge on any atom is 0.0466 e. The van der Waals surface area contributed by atoms with Crippen molar-refractivity contribution in [2.75, 3.05) is 0 Å². The van der Waals surface area contributed by atoms with Crippen LogP contribution in [-0.2, 0) is 6.42 Å². The van der Waals surface area contributed by atoms with E-state index in [-0.39, 0.29) is 0 Å². The van der Waals surface area contributed by atoms with E-state index in [4.69, 9.17) is 0 Å². The maximum atomic E-state index is 4.59. The molecule has 0 bridgehead atoms. The second-order valence-corrected chi connectivity index (χ2v) is 6.40. The van der Waals surface area contributed by atoms with Crippen molar-refractivity contribution in [1.82, 2.24) is 9.97 Å². The van der Waals surface area contributed by atoms with Crippen LogP contribution in [0.2, 0.25) is 0 Å². The number of aromatic nitrogens is 2. The Bertz CT molecular complexity index is 629. The van der Waals surface area contributed by atoms with Gasteiger partial charge in [-0.25, -0.2) is 0 Å². The Morgan fingerprint density at radius 1 is 1.14 bits per heavy atom. The Morgan fingerprint density at radius 2 is 1.95 bits per heavy atom. The molecule has 2 nitrogen and oxygen atoms in total. The normalized spacial score (nSPS) is 16.0. The van der Waals surface area contributed by atoms with E-state index < -0.39 is 0 Å². The number of hydrogen-bond acceptors (Lipinski definition) is 2. The minimum atomic E-state index is 0.503. The average molecular weight is 280 g/mol. The summed E-state index contributed by atoms with van der Waals surface area (Å²) in [7, 11) is 0. The number of hydrogen-bond donors (Lipinski definition) is 0. The third-order valence-electron chi connectivity index (χ3n) is 4.68. The number of aryl methyl sites for hydroxylation is 2. The van der Waals surface area contributed by atoms with Gasteiger partial charge in [0.05, 0.1) is 0 Å². The smallest absolute Gasteiger partial charge is 0.0466 e. The molecule has 1 saturated carbocycles. The van der Waals surface area contributed by atoms with Crippen LogP contribution < -0.4 is 0 Å². The van der Waals surface area contributed by atoms with E-state index in [2.05, 4.69) is 42.9 Å². The molecular formula is C19H24N2. The van der Waals surface area contributed by atoms with Gasteiger partial charge in [-0.2, -0.15) is 0 Å². The van der Waals surface area contributed by atoms with E-state index in [9.17, 15) is 0 Å². The summed E-state index contributed by atoms with van der Waals surface area (Å²) >= 11 is 0. The van der Waals surface area contributed by atoms with Gasteiger partial charge >= 0.3 is 0 Å². The van der Waals surface area contributed by atoms with Crippen molar-refractivity contribution in [2.24, 2.45) is 0 Å². The van der Waals surface area contributed by atoms with Gasteiger partial charge in [0.25, 0.3) is 0 Å². The van der Waals surface area contributed by atoms with Crippen LogP contribution in [0.3, 0.4) is 0 Å². The van der Waals surface area contributed by atoms with E-state index >= 15 is 0 Å². The van der Waals surface area contributed by atoms with Crippen molar-refractivity contribution >= 4 is 0 Å². The minimum absolute atomic E-state index is 0.503. The summed E-state index contributed by atoms with van der Waals surface area (Å²) in [4.78, 5) is 9.14. The van der Waals surface area contributed by atoms with Crippen LogP contribution in [0.15, 0.2) is 30.6 Å². The molecule has 1 aliphatic rings. The fourth-order valence-electron chi connectivity index (χ4n) is 3.16. The zero-order valence-corrected chi connectivity index (χ0v) is 13.3. The lowest BCUT2D eigenvalue weighted by atomic mass is 9.93. The third-order valence-corrected chi connectivity index (χ3v) is 4.68. The van der Waals surface area contributed by atoms with E-state index in [1.165, 1.54) is 40.9 Å². The first kappa shape index (κ1) is 14.2. The molecule has 1 aliphatic carbocycles. The molecule has 1 atom stereocenters. The highest BCUT2D eigenvalue weighted by molar-refractivity contribution is 5.33. The number of pyridine rings is 2. The van der Waals surface area contributed by atoms with Crippen LogP contribution >= 0.6 is 0 Å². The lowest BCUT2D eigenvalue weighted by Crippen LogP contribution is -2.03. The van der Waals surface area contributed by atoms with Crippen molar-refractivity contribution in [3.05, 3.63) is 58.7 Å². The van der Waals surface area contributed by atoms with E-state index in [0.717, 1.165) is 18.8 Å². The second-order valence-electron chi connectivity index (χ2n) is 6.40. The van der Waals surface area contributed by atoms with Crippen molar-refractivity contribution in [2.45, 2.75) is 58.3 Å². The summed E-state index contributed by atoms with van der Waals surface area (Å²) in [6, 6.07) is 6.36. The van der Waals surface area contributed by atoms with Crippen LogP contribution in [0.4, 0.5) is 0 Å². The van der Waals surface area contributed by atoms with Crippen LogP contribution in [-0.4, -0.2) is 9.97 Å². The first-order chi connectivity index (χ1) is 10.2. The molecule has 2 aromatic rings. The standard InChI is InChI=1S/C19H24N2/c1-13-5-4-11-20-18(13)14(2)6-7-16-10-12-21-19(15(16)3)17-8-9-17/h4-5,10-12,14,17H,6-9H2,1-3H3. The Labute approximate surface area is 127 Å². The van der Waals surface area contributed by atoms with Gasteiger partial charge in [-0.3, -0.25) is 9.97 Å². The van der Waals surface area contributed by atoms with Crippen molar-refractivity contribution < 1.29 is 0 Å². The maximum absolute atomic E-state index is 4.59. The van der Waals surface area contributed by atoms with Crippen LogP contribution in [0.5, 0.6) is 0 Å². The Morgan fingerprint density at radius 3 is 2.67 bits per heavy atom. The summed E-state index contributed by atoms with van der Waals surface area (Å²) in [6.07, 6.45) is 8.80. The molecule has 0 spiro atoms. The van der Waals surface area contributed by atoms with Crippen LogP contribution in [0.1, 0.15) is 66.1 Å². The summed E-state index contributed by atoms with van der Waals surface area (Å²) in [5, 5.41) is 0. The van der Waals surface area contributed by atoms with Crippen LogP contribution in [0, 0.1) is 13.8 Å². The fraction of sp³-hybridized carbons (Fsp3) is 0.474. The van der Waals surface area contributed by atoms with Gasteiger partial charge in [0.2, 0.25) is 0 Å². The average Bonchev–Trinajstić information content (AvgIpc) is 3.31. The number of nitrogens with zero attached hydrogens (tertiary/aromatic N) is 2. The van der Waals surface area contributed by atoms with Gasteiger partial charge in [0, 0.05) is 29.7 Å². The van der Waals surface area contributed by atoms with Gasteiger partial charge < -0.3 is 0 Å². The molecule has 0 radical (unpaired) electrons. The first-order valence-corrected chi connectivity index (χ1v) is 8.02. The monoisotopic (exact) mass is 280 g/mol. The molecule has 21 heavy (non-hydrogen) atoms. The molecule has 0 saturated heterocycles. The van der Waals surface area contributed by atoms with Gasteiger partial charge in [-0.15, -0.1) is 0 Å². The topological polar surface area (TPSA) is 25.8 Å². The molecule has 2 aromatic heterocycles. The van der Waals surface area contributed by atoms with Crippen molar-refractivity contribution in [3.8, 4) is 0 Å². The molecule has 110 valence electrons.